The summed E-state index contributed by atoms with van der Waals surface area (Å²) in [5.41, 5.74) is 7.59. The van der Waals surface area contributed by atoms with Gasteiger partial charge in [-0.3, -0.25) is 0 Å². The number of ether oxygens (including phenoxy) is 1. The standard InChI is InChI=1S/C15H23NOS/c1-2-10-17-13-8-6-12(7-9-13)15(16)14-5-3-4-11-18-14/h6-9,14-15H,2-5,10-11,16H2,1H3. The molecular formula is C15H23NOS. The maximum atomic E-state index is 6.36. The highest BCUT2D eigenvalue weighted by molar-refractivity contribution is 8.00. The monoisotopic (exact) mass is 265 g/mol. The smallest absolute Gasteiger partial charge is 0.119 e. The van der Waals surface area contributed by atoms with Gasteiger partial charge < -0.3 is 10.5 Å². The Labute approximate surface area is 114 Å². The number of benzene rings is 1. The topological polar surface area (TPSA) is 35.2 Å². The van der Waals surface area contributed by atoms with Gasteiger partial charge in [-0.05, 0) is 42.7 Å². The molecule has 2 unspecified atom stereocenters. The third-order valence-electron chi connectivity index (χ3n) is 3.35. The molecule has 2 atom stereocenters. The van der Waals surface area contributed by atoms with Crippen LogP contribution in [-0.2, 0) is 0 Å². The lowest BCUT2D eigenvalue weighted by Gasteiger charge is -2.27. The summed E-state index contributed by atoms with van der Waals surface area (Å²) in [6.45, 7) is 2.90. The van der Waals surface area contributed by atoms with Crippen LogP contribution in [0.15, 0.2) is 24.3 Å². The number of hydrogen-bond donors (Lipinski definition) is 1. The molecule has 1 aliphatic heterocycles. The second-order valence-electron chi connectivity index (χ2n) is 4.85. The van der Waals surface area contributed by atoms with Crippen LogP contribution in [0.2, 0.25) is 0 Å². The second kappa shape index (κ2) is 7.05. The van der Waals surface area contributed by atoms with Crippen molar-refractivity contribution < 1.29 is 4.74 Å². The van der Waals surface area contributed by atoms with Gasteiger partial charge in [0.2, 0.25) is 0 Å². The first kappa shape index (κ1) is 13.8. The Bertz CT molecular complexity index is 346. The largest absolute Gasteiger partial charge is 0.494 e. The van der Waals surface area contributed by atoms with Gasteiger partial charge >= 0.3 is 0 Å². The molecule has 100 valence electrons. The van der Waals surface area contributed by atoms with E-state index in [1.807, 2.05) is 23.9 Å². The van der Waals surface area contributed by atoms with Gasteiger partial charge in [-0.15, -0.1) is 0 Å². The Hall–Kier alpha value is -0.670. The normalized spacial score (nSPS) is 21.6. The van der Waals surface area contributed by atoms with E-state index < -0.39 is 0 Å². The lowest BCUT2D eigenvalue weighted by Crippen LogP contribution is -2.26. The summed E-state index contributed by atoms with van der Waals surface area (Å²) in [7, 11) is 0. The molecule has 1 aromatic rings. The van der Waals surface area contributed by atoms with Crippen LogP contribution in [0.3, 0.4) is 0 Å². The van der Waals surface area contributed by atoms with E-state index in [4.69, 9.17) is 10.5 Å². The van der Waals surface area contributed by atoms with Gasteiger partial charge in [-0.2, -0.15) is 11.8 Å². The zero-order valence-corrected chi connectivity index (χ0v) is 11.9. The van der Waals surface area contributed by atoms with Crippen LogP contribution in [0.1, 0.15) is 44.2 Å². The first-order chi connectivity index (χ1) is 8.81. The lowest BCUT2D eigenvalue weighted by atomic mass is 10.0. The van der Waals surface area contributed by atoms with Gasteiger partial charge in [-0.1, -0.05) is 25.5 Å². The fourth-order valence-electron chi connectivity index (χ4n) is 2.27. The molecule has 1 aromatic carbocycles. The van der Waals surface area contributed by atoms with Gasteiger partial charge in [0, 0.05) is 11.3 Å². The Morgan fingerprint density at radius 1 is 1.33 bits per heavy atom. The van der Waals surface area contributed by atoms with Crippen LogP contribution in [-0.4, -0.2) is 17.6 Å². The average molecular weight is 265 g/mol. The summed E-state index contributed by atoms with van der Waals surface area (Å²) in [5, 5.41) is 0.584. The Morgan fingerprint density at radius 2 is 2.11 bits per heavy atom. The Balaban J connectivity index is 1.95. The molecule has 3 heteroatoms. The van der Waals surface area contributed by atoms with Crippen molar-refractivity contribution in [2.45, 2.75) is 43.9 Å². The van der Waals surface area contributed by atoms with Crippen molar-refractivity contribution in [3.63, 3.8) is 0 Å². The predicted octanol–water partition coefficient (Wildman–Crippen LogP) is 3.76. The number of nitrogens with two attached hydrogens (primary N) is 1. The van der Waals surface area contributed by atoms with Crippen molar-refractivity contribution in [3.05, 3.63) is 29.8 Å². The second-order valence-corrected chi connectivity index (χ2v) is 6.20. The minimum absolute atomic E-state index is 0.163. The maximum Gasteiger partial charge on any atom is 0.119 e. The third kappa shape index (κ3) is 3.66. The summed E-state index contributed by atoms with van der Waals surface area (Å²) in [6, 6.07) is 8.47. The summed E-state index contributed by atoms with van der Waals surface area (Å²) in [6.07, 6.45) is 4.96. The summed E-state index contributed by atoms with van der Waals surface area (Å²) in [4.78, 5) is 0. The molecule has 1 fully saturated rings. The molecule has 2 rings (SSSR count). The maximum absolute atomic E-state index is 6.36. The van der Waals surface area contributed by atoms with Gasteiger partial charge in [0.25, 0.3) is 0 Å². The minimum atomic E-state index is 0.163. The summed E-state index contributed by atoms with van der Waals surface area (Å²) in [5.74, 6) is 2.21. The van der Waals surface area contributed by atoms with E-state index in [0.29, 0.717) is 5.25 Å². The zero-order chi connectivity index (χ0) is 12.8. The van der Waals surface area contributed by atoms with Crippen molar-refractivity contribution in [1.82, 2.24) is 0 Å². The molecule has 0 aliphatic carbocycles. The SMILES string of the molecule is CCCOc1ccc(C(N)C2CCCCS2)cc1. The molecule has 1 aliphatic rings. The average Bonchev–Trinajstić information content (AvgIpc) is 2.46. The van der Waals surface area contributed by atoms with Gasteiger partial charge in [0.1, 0.15) is 5.75 Å². The Morgan fingerprint density at radius 3 is 2.72 bits per heavy atom. The molecule has 0 saturated carbocycles. The molecule has 0 amide bonds. The van der Waals surface area contributed by atoms with Crippen molar-refractivity contribution in [1.29, 1.82) is 0 Å². The third-order valence-corrected chi connectivity index (χ3v) is 4.83. The molecule has 2 N–H and O–H groups in total. The molecule has 0 spiro atoms. The minimum Gasteiger partial charge on any atom is -0.494 e. The highest BCUT2D eigenvalue weighted by Crippen LogP contribution is 2.33. The predicted molar refractivity (Wildman–Crippen MR) is 79.3 cm³/mol. The fourth-order valence-corrected chi connectivity index (χ4v) is 3.64. The zero-order valence-electron chi connectivity index (χ0n) is 11.1. The number of thioether (sulfide) groups is 1. The van der Waals surface area contributed by atoms with E-state index in [1.165, 1.54) is 30.6 Å². The van der Waals surface area contributed by atoms with E-state index in [1.54, 1.807) is 0 Å². The lowest BCUT2D eigenvalue weighted by molar-refractivity contribution is 0.317. The highest BCUT2D eigenvalue weighted by atomic mass is 32.2. The van der Waals surface area contributed by atoms with E-state index in [0.717, 1.165) is 18.8 Å². The van der Waals surface area contributed by atoms with E-state index in [9.17, 15) is 0 Å². The van der Waals surface area contributed by atoms with E-state index >= 15 is 0 Å². The van der Waals surface area contributed by atoms with Crippen LogP contribution < -0.4 is 10.5 Å². The molecular weight excluding hydrogens is 242 g/mol. The first-order valence-corrected chi connectivity index (χ1v) is 7.96. The number of hydrogen-bond acceptors (Lipinski definition) is 3. The number of rotatable bonds is 5. The van der Waals surface area contributed by atoms with Crippen molar-refractivity contribution >= 4 is 11.8 Å². The highest BCUT2D eigenvalue weighted by Gasteiger charge is 2.22. The molecule has 1 saturated heterocycles. The van der Waals surface area contributed by atoms with Crippen LogP contribution in [0.4, 0.5) is 0 Å². The molecule has 2 nitrogen and oxygen atoms in total. The molecule has 1 heterocycles. The van der Waals surface area contributed by atoms with E-state index in [-0.39, 0.29) is 6.04 Å². The Kier molecular flexibility index (Phi) is 5.39. The summed E-state index contributed by atoms with van der Waals surface area (Å²) >= 11 is 2.03. The van der Waals surface area contributed by atoms with Crippen molar-refractivity contribution in [2.24, 2.45) is 5.73 Å². The molecule has 0 aromatic heterocycles. The van der Waals surface area contributed by atoms with Gasteiger partial charge in [0.05, 0.1) is 6.61 Å². The van der Waals surface area contributed by atoms with Crippen LogP contribution in [0.5, 0.6) is 5.75 Å². The van der Waals surface area contributed by atoms with E-state index in [2.05, 4.69) is 19.1 Å². The van der Waals surface area contributed by atoms with Gasteiger partial charge in [-0.25, -0.2) is 0 Å². The van der Waals surface area contributed by atoms with Gasteiger partial charge in [0.15, 0.2) is 0 Å². The molecule has 0 radical (unpaired) electrons. The van der Waals surface area contributed by atoms with Crippen LogP contribution in [0, 0.1) is 0 Å². The molecule has 18 heavy (non-hydrogen) atoms. The molecule has 0 bridgehead atoms. The van der Waals surface area contributed by atoms with Crippen molar-refractivity contribution in [3.8, 4) is 5.75 Å². The van der Waals surface area contributed by atoms with Crippen molar-refractivity contribution in [2.75, 3.05) is 12.4 Å². The fraction of sp³-hybridized carbons (Fsp3) is 0.600. The summed E-state index contributed by atoms with van der Waals surface area (Å²) < 4.78 is 5.59. The van der Waals surface area contributed by atoms with Crippen LogP contribution in [0.25, 0.3) is 0 Å². The van der Waals surface area contributed by atoms with Crippen LogP contribution >= 0.6 is 11.8 Å². The quantitative estimate of drug-likeness (QED) is 0.880. The first-order valence-electron chi connectivity index (χ1n) is 6.91.